The number of carbonyl (C=O) groups is 1. The highest BCUT2D eigenvalue weighted by atomic mass is 16.1. The fourth-order valence-corrected chi connectivity index (χ4v) is 0.724. The monoisotopic (exact) mass is 156 g/mol. The highest BCUT2D eigenvalue weighted by Crippen LogP contribution is 1.93. The molecule has 64 valence electrons. The maximum absolute atomic E-state index is 11.1. The summed E-state index contributed by atoms with van der Waals surface area (Å²) in [5, 5.41) is 2.68. The molecule has 0 rings (SSSR count). The van der Waals surface area contributed by atoms with Gasteiger partial charge < -0.3 is 11.1 Å². The predicted octanol–water partition coefficient (Wildman–Crippen LogP) is 0.418. The normalized spacial score (nSPS) is 11.4. The van der Waals surface area contributed by atoms with Crippen LogP contribution in [0.1, 0.15) is 20.3 Å². The first-order chi connectivity index (χ1) is 5.22. The lowest BCUT2D eigenvalue weighted by atomic mass is 10.2. The van der Waals surface area contributed by atoms with E-state index in [0.29, 0.717) is 13.1 Å². The Hall–Kier alpha value is -0.830. The van der Waals surface area contributed by atoms with Crippen molar-refractivity contribution in [2.75, 3.05) is 13.1 Å². The van der Waals surface area contributed by atoms with Gasteiger partial charge in [-0.2, -0.15) is 0 Å². The van der Waals surface area contributed by atoms with E-state index >= 15 is 0 Å². The van der Waals surface area contributed by atoms with Crippen molar-refractivity contribution in [3.05, 3.63) is 11.6 Å². The quantitative estimate of drug-likeness (QED) is 0.579. The van der Waals surface area contributed by atoms with Crippen LogP contribution in [0.4, 0.5) is 0 Å². The van der Waals surface area contributed by atoms with Gasteiger partial charge in [-0.1, -0.05) is 13.0 Å². The van der Waals surface area contributed by atoms with Gasteiger partial charge in [-0.25, -0.2) is 0 Å². The number of hydrogen-bond acceptors (Lipinski definition) is 2. The summed E-state index contributed by atoms with van der Waals surface area (Å²) in [6.45, 7) is 4.84. The van der Waals surface area contributed by atoms with Crippen LogP contribution in [0.3, 0.4) is 0 Å². The third kappa shape index (κ3) is 4.56. The Kier molecular flexibility index (Phi) is 5.47. The van der Waals surface area contributed by atoms with E-state index in [0.717, 1.165) is 12.0 Å². The van der Waals surface area contributed by atoms with Crippen molar-refractivity contribution in [2.45, 2.75) is 20.3 Å². The van der Waals surface area contributed by atoms with Gasteiger partial charge in [0.2, 0.25) is 5.91 Å². The second kappa shape index (κ2) is 5.92. The molecule has 3 heteroatoms. The molecule has 0 aromatic rings. The van der Waals surface area contributed by atoms with Crippen molar-refractivity contribution in [1.82, 2.24) is 5.32 Å². The van der Waals surface area contributed by atoms with E-state index in [2.05, 4.69) is 5.32 Å². The smallest absolute Gasteiger partial charge is 0.246 e. The maximum atomic E-state index is 11.1. The second-order valence-electron chi connectivity index (χ2n) is 2.34. The Bertz CT molecular complexity index is 152. The van der Waals surface area contributed by atoms with Crippen LogP contribution in [0.15, 0.2) is 11.6 Å². The highest BCUT2D eigenvalue weighted by Gasteiger charge is 1.99. The molecule has 0 radical (unpaired) electrons. The van der Waals surface area contributed by atoms with Gasteiger partial charge in [0, 0.05) is 18.7 Å². The molecule has 0 aromatic carbocycles. The Morgan fingerprint density at radius 1 is 1.64 bits per heavy atom. The minimum atomic E-state index is -0.0164. The van der Waals surface area contributed by atoms with Crippen LogP contribution in [0.5, 0.6) is 0 Å². The molecule has 0 aliphatic rings. The molecule has 0 spiro atoms. The molecule has 0 aliphatic carbocycles. The minimum absolute atomic E-state index is 0.0164. The number of carbonyl (C=O) groups excluding carboxylic acids is 1. The summed E-state index contributed by atoms with van der Waals surface area (Å²) in [5.74, 6) is -0.0164. The molecule has 3 N–H and O–H groups in total. The Morgan fingerprint density at radius 3 is 2.73 bits per heavy atom. The largest absolute Gasteiger partial charge is 0.351 e. The Balaban J connectivity index is 3.73. The molecular formula is C8H16N2O. The molecule has 0 bridgehead atoms. The average molecular weight is 156 g/mol. The van der Waals surface area contributed by atoms with Gasteiger partial charge in [0.05, 0.1) is 0 Å². The number of hydrogen-bond donors (Lipinski definition) is 2. The molecule has 0 saturated heterocycles. The molecule has 1 amide bonds. The number of rotatable bonds is 4. The van der Waals surface area contributed by atoms with Gasteiger partial charge in [0.25, 0.3) is 0 Å². The molecule has 0 aromatic heterocycles. The van der Waals surface area contributed by atoms with Crippen LogP contribution in [0.25, 0.3) is 0 Å². The molecule has 0 aliphatic heterocycles. The fourth-order valence-electron chi connectivity index (χ4n) is 0.724. The summed E-state index contributed by atoms with van der Waals surface area (Å²) in [6.07, 6.45) is 2.79. The standard InChI is InChI=1S/C8H16N2O/c1-3-4-7(2)8(11)10-6-5-9/h4H,3,5-6,9H2,1-2H3,(H,10,11)/b7-4-. The maximum Gasteiger partial charge on any atom is 0.246 e. The van der Waals surface area contributed by atoms with E-state index in [4.69, 9.17) is 5.73 Å². The van der Waals surface area contributed by atoms with Gasteiger partial charge in [-0.15, -0.1) is 0 Å². The van der Waals surface area contributed by atoms with Crippen molar-refractivity contribution in [1.29, 1.82) is 0 Å². The van der Waals surface area contributed by atoms with Crippen LogP contribution >= 0.6 is 0 Å². The van der Waals surface area contributed by atoms with Crippen LogP contribution in [0, 0.1) is 0 Å². The molecule has 0 atom stereocenters. The van der Waals surface area contributed by atoms with Crippen molar-refractivity contribution >= 4 is 5.91 Å². The van der Waals surface area contributed by atoms with Crippen molar-refractivity contribution < 1.29 is 4.79 Å². The lowest BCUT2D eigenvalue weighted by Crippen LogP contribution is -2.29. The zero-order valence-corrected chi connectivity index (χ0v) is 7.18. The number of allylic oxidation sites excluding steroid dienone is 1. The van der Waals surface area contributed by atoms with E-state index in [9.17, 15) is 4.79 Å². The number of nitrogens with one attached hydrogen (secondary N) is 1. The SMILES string of the molecule is CC/C=C(/C)C(=O)NCCN. The fraction of sp³-hybridized carbons (Fsp3) is 0.625. The molecular weight excluding hydrogens is 140 g/mol. The molecule has 0 saturated carbocycles. The van der Waals surface area contributed by atoms with Gasteiger partial charge in [-0.3, -0.25) is 4.79 Å². The lowest BCUT2D eigenvalue weighted by molar-refractivity contribution is -0.117. The number of nitrogens with two attached hydrogens (primary N) is 1. The summed E-state index contributed by atoms with van der Waals surface area (Å²) < 4.78 is 0. The number of amides is 1. The zero-order valence-electron chi connectivity index (χ0n) is 7.18. The zero-order chi connectivity index (χ0) is 8.69. The molecule has 0 unspecified atom stereocenters. The van der Waals surface area contributed by atoms with E-state index in [1.54, 1.807) is 6.92 Å². The lowest BCUT2D eigenvalue weighted by Gasteiger charge is -2.01. The summed E-state index contributed by atoms with van der Waals surface area (Å²) in [5.41, 5.74) is 5.98. The third-order valence-electron chi connectivity index (χ3n) is 1.30. The predicted molar refractivity (Wildman–Crippen MR) is 46.1 cm³/mol. The topological polar surface area (TPSA) is 55.1 Å². The second-order valence-corrected chi connectivity index (χ2v) is 2.34. The Labute approximate surface area is 67.7 Å². The van der Waals surface area contributed by atoms with Crippen LogP contribution in [0.2, 0.25) is 0 Å². The van der Waals surface area contributed by atoms with Gasteiger partial charge >= 0.3 is 0 Å². The van der Waals surface area contributed by atoms with Gasteiger partial charge in [0.15, 0.2) is 0 Å². The third-order valence-corrected chi connectivity index (χ3v) is 1.30. The minimum Gasteiger partial charge on any atom is -0.351 e. The summed E-state index contributed by atoms with van der Waals surface area (Å²) in [4.78, 5) is 11.1. The first kappa shape index (κ1) is 10.2. The van der Waals surface area contributed by atoms with Crippen molar-refractivity contribution in [2.24, 2.45) is 5.73 Å². The van der Waals surface area contributed by atoms with Crippen molar-refractivity contribution in [3.63, 3.8) is 0 Å². The molecule has 11 heavy (non-hydrogen) atoms. The first-order valence-electron chi connectivity index (χ1n) is 3.87. The van der Waals surface area contributed by atoms with Gasteiger partial charge in [0.1, 0.15) is 0 Å². The molecule has 0 fully saturated rings. The van der Waals surface area contributed by atoms with Crippen LogP contribution < -0.4 is 11.1 Å². The first-order valence-corrected chi connectivity index (χ1v) is 3.87. The van der Waals surface area contributed by atoms with Gasteiger partial charge in [-0.05, 0) is 13.3 Å². The highest BCUT2D eigenvalue weighted by molar-refractivity contribution is 5.92. The Morgan fingerprint density at radius 2 is 2.27 bits per heavy atom. The van der Waals surface area contributed by atoms with Crippen LogP contribution in [-0.4, -0.2) is 19.0 Å². The van der Waals surface area contributed by atoms with E-state index in [-0.39, 0.29) is 5.91 Å². The molecule has 3 nitrogen and oxygen atoms in total. The summed E-state index contributed by atoms with van der Waals surface area (Å²) in [7, 11) is 0. The summed E-state index contributed by atoms with van der Waals surface area (Å²) >= 11 is 0. The van der Waals surface area contributed by atoms with Crippen molar-refractivity contribution in [3.8, 4) is 0 Å². The van der Waals surface area contributed by atoms with E-state index < -0.39 is 0 Å². The van der Waals surface area contributed by atoms with E-state index in [1.165, 1.54) is 0 Å². The van der Waals surface area contributed by atoms with Crippen LogP contribution in [-0.2, 0) is 4.79 Å². The van der Waals surface area contributed by atoms with E-state index in [1.807, 2.05) is 13.0 Å². The molecule has 0 heterocycles. The summed E-state index contributed by atoms with van der Waals surface area (Å²) in [6, 6.07) is 0. The average Bonchev–Trinajstić information content (AvgIpc) is 2.00.